The van der Waals surface area contributed by atoms with Crippen molar-refractivity contribution in [2.75, 3.05) is 11.9 Å². The number of fused-ring (bicyclic) bond motifs is 1. The number of para-hydroxylation sites is 2. The molecule has 0 bridgehead atoms. The molecule has 0 spiro atoms. The van der Waals surface area contributed by atoms with E-state index in [2.05, 4.69) is 4.99 Å². The summed E-state index contributed by atoms with van der Waals surface area (Å²) in [6, 6.07) is 15.3. The number of hydrogen-bond donors (Lipinski definition) is 2. The second-order valence-corrected chi connectivity index (χ2v) is 6.14. The highest BCUT2D eigenvalue weighted by molar-refractivity contribution is 6.39. The molecule has 1 heterocycles. The van der Waals surface area contributed by atoms with E-state index in [9.17, 15) is 9.59 Å². The average molecular weight is 336 g/mol. The van der Waals surface area contributed by atoms with Gasteiger partial charge < -0.3 is 16.4 Å². The molecule has 0 saturated heterocycles. The number of rotatable bonds is 3. The van der Waals surface area contributed by atoms with Crippen molar-refractivity contribution >= 4 is 28.8 Å². The summed E-state index contributed by atoms with van der Waals surface area (Å²) in [5.41, 5.74) is 12.3. The molecule has 3 rings (SSSR count). The molecule has 6 heteroatoms. The monoisotopic (exact) mass is 336 g/mol. The molecule has 2 aromatic rings. The van der Waals surface area contributed by atoms with E-state index in [4.69, 9.17) is 11.5 Å². The molecule has 0 radical (unpaired) electrons. The third kappa shape index (κ3) is 2.65. The van der Waals surface area contributed by atoms with Crippen molar-refractivity contribution in [3.63, 3.8) is 0 Å². The Morgan fingerprint density at radius 1 is 1.12 bits per heavy atom. The van der Waals surface area contributed by atoms with Crippen LogP contribution in [0.1, 0.15) is 12.5 Å². The lowest BCUT2D eigenvalue weighted by Crippen LogP contribution is -2.67. The van der Waals surface area contributed by atoms with Crippen molar-refractivity contribution in [1.82, 2.24) is 0 Å². The van der Waals surface area contributed by atoms with Crippen molar-refractivity contribution < 1.29 is 9.59 Å². The van der Waals surface area contributed by atoms with Gasteiger partial charge in [0.1, 0.15) is 0 Å². The molecule has 25 heavy (non-hydrogen) atoms. The summed E-state index contributed by atoms with van der Waals surface area (Å²) in [5.74, 6) is -1.12. The van der Waals surface area contributed by atoms with Gasteiger partial charge in [0, 0.05) is 7.05 Å². The minimum Gasteiger partial charge on any atom is -0.322 e. The molecule has 1 amide bonds. The third-order valence-corrected chi connectivity index (χ3v) is 4.34. The van der Waals surface area contributed by atoms with Crippen LogP contribution in [0, 0.1) is 0 Å². The molecule has 0 fully saturated rings. The lowest BCUT2D eigenvalue weighted by Gasteiger charge is -2.31. The van der Waals surface area contributed by atoms with Gasteiger partial charge in [0.05, 0.1) is 23.1 Å². The number of Topliss-reactive ketones (excluding diaryl/α,β-unsaturated/α-hetero) is 1. The van der Waals surface area contributed by atoms with Crippen molar-refractivity contribution in [1.29, 1.82) is 0 Å². The minimum atomic E-state index is -1.96. The Balaban J connectivity index is 2.33. The van der Waals surface area contributed by atoms with Crippen LogP contribution in [0.15, 0.2) is 59.6 Å². The van der Waals surface area contributed by atoms with E-state index in [0.717, 1.165) is 0 Å². The van der Waals surface area contributed by atoms with Gasteiger partial charge in [-0.25, -0.2) is 4.99 Å². The van der Waals surface area contributed by atoms with Gasteiger partial charge in [-0.05, 0) is 24.6 Å². The minimum absolute atomic E-state index is 0.206. The first-order chi connectivity index (χ1) is 11.9. The highest BCUT2D eigenvalue weighted by Gasteiger charge is 2.51. The number of hydrogen-bond acceptors (Lipinski definition) is 5. The van der Waals surface area contributed by atoms with E-state index in [1.807, 2.05) is 12.1 Å². The third-order valence-electron chi connectivity index (χ3n) is 4.34. The number of aliphatic imine (C=N–C) groups is 1. The Hall–Kier alpha value is -2.83. The van der Waals surface area contributed by atoms with Gasteiger partial charge >= 0.3 is 0 Å². The lowest BCUT2D eigenvalue weighted by molar-refractivity contribution is -0.131. The van der Waals surface area contributed by atoms with Crippen molar-refractivity contribution in [2.24, 2.45) is 16.5 Å². The highest BCUT2D eigenvalue weighted by atomic mass is 16.2. The molecule has 0 saturated carbocycles. The van der Waals surface area contributed by atoms with Gasteiger partial charge in [-0.15, -0.1) is 0 Å². The fourth-order valence-electron chi connectivity index (χ4n) is 3.00. The standard InChI is InChI=1S/C19H20N4O2/c1-12(20)17(24)19(21)16(13-8-4-3-5-9-13)22-14-10-6-7-11-15(14)23(2)18(19)25/h3-12H,20-21H2,1-2H3/t12-,19?/m0/s1. The van der Waals surface area contributed by atoms with E-state index in [1.165, 1.54) is 11.8 Å². The van der Waals surface area contributed by atoms with E-state index in [1.54, 1.807) is 49.5 Å². The first-order valence-corrected chi connectivity index (χ1v) is 7.98. The summed E-state index contributed by atoms with van der Waals surface area (Å²) in [7, 11) is 1.58. The maximum absolute atomic E-state index is 13.2. The van der Waals surface area contributed by atoms with Crippen LogP contribution in [0.3, 0.4) is 0 Å². The van der Waals surface area contributed by atoms with Gasteiger partial charge in [-0.1, -0.05) is 42.5 Å². The fourth-order valence-corrected chi connectivity index (χ4v) is 3.00. The number of carbonyl (C=O) groups excluding carboxylic acids is 2. The summed E-state index contributed by atoms with van der Waals surface area (Å²) in [6.07, 6.45) is 0. The zero-order chi connectivity index (χ0) is 18.2. The van der Waals surface area contributed by atoms with Gasteiger partial charge in [0.15, 0.2) is 11.3 Å². The lowest BCUT2D eigenvalue weighted by atomic mass is 9.81. The van der Waals surface area contributed by atoms with Crippen LogP contribution in [0.2, 0.25) is 0 Å². The molecule has 6 nitrogen and oxygen atoms in total. The Morgan fingerprint density at radius 3 is 2.36 bits per heavy atom. The van der Waals surface area contributed by atoms with Crippen LogP contribution in [0.4, 0.5) is 11.4 Å². The van der Waals surface area contributed by atoms with Gasteiger partial charge in [-0.2, -0.15) is 0 Å². The van der Waals surface area contributed by atoms with Crippen molar-refractivity contribution in [3.8, 4) is 0 Å². The fraction of sp³-hybridized carbons (Fsp3) is 0.211. The van der Waals surface area contributed by atoms with E-state index >= 15 is 0 Å². The molecule has 4 N–H and O–H groups in total. The molecule has 0 aromatic heterocycles. The number of ketones is 1. The SMILES string of the molecule is C[C@H](N)C(=O)C1(N)C(=O)N(C)c2ccccc2N=C1c1ccccc1. The number of amides is 1. The van der Waals surface area contributed by atoms with Gasteiger partial charge in [0.2, 0.25) is 0 Å². The van der Waals surface area contributed by atoms with E-state index in [-0.39, 0.29) is 5.71 Å². The van der Waals surface area contributed by atoms with Crippen LogP contribution in [-0.2, 0) is 9.59 Å². The molecule has 2 aromatic carbocycles. The molecule has 1 aliphatic heterocycles. The highest BCUT2D eigenvalue weighted by Crippen LogP contribution is 2.34. The first-order valence-electron chi connectivity index (χ1n) is 7.98. The Kier molecular flexibility index (Phi) is 4.24. The smallest absolute Gasteiger partial charge is 0.260 e. The number of benzene rings is 2. The van der Waals surface area contributed by atoms with E-state index in [0.29, 0.717) is 16.9 Å². The normalized spacial score (nSPS) is 21.2. The summed E-state index contributed by atoms with van der Waals surface area (Å²) < 4.78 is 0. The number of nitrogens with zero attached hydrogens (tertiary/aromatic N) is 2. The number of nitrogens with two attached hydrogens (primary N) is 2. The molecule has 0 aliphatic carbocycles. The topological polar surface area (TPSA) is 102 Å². The predicted molar refractivity (Wildman–Crippen MR) is 98.1 cm³/mol. The molecule has 2 atom stereocenters. The summed E-state index contributed by atoms with van der Waals surface area (Å²) in [4.78, 5) is 32.1. The average Bonchev–Trinajstić information content (AvgIpc) is 2.72. The Labute approximate surface area is 146 Å². The Morgan fingerprint density at radius 2 is 1.72 bits per heavy atom. The quantitative estimate of drug-likeness (QED) is 0.827. The first kappa shape index (κ1) is 17.0. The van der Waals surface area contributed by atoms with Crippen LogP contribution in [0.25, 0.3) is 0 Å². The molecule has 128 valence electrons. The largest absolute Gasteiger partial charge is 0.322 e. The molecule has 1 aliphatic rings. The van der Waals surface area contributed by atoms with Crippen molar-refractivity contribution in [3.05, 3.63) is 60.2 Å². The Bertz CT molecular complexity index is 861. The second kappa shape index (κ2) is 6.23. The molecular formula is C19H20N4O2. The van der Waals surface area contributed by atoms with Gasteiger partial charge in [0.25, 0.3) is 5.91 Å². The number of likely N-dealkylation sites (N-methyl/N-ethyl adjacent to an activating group) is 1. The van der Waals surface area contributed by atoms with Crippen molar-refractivity contribution in [2.45, 2.75) is 18.5 Å². The van der Waals surface area contributed by atoms with Crippen LogP contribution < -0.4 is 16.4 Å². The van der Waals surface area contributed by atoms with E-state index < -0.39 is 23.3 Å². The zero-order valence-corrected chi connectivity index (χ0v) is 14.1. The maximum atomic E-state index is 13.2. The number of anilines is 1. The molecule has 1 unspecified atom stereocenters. The zero-order valence-electron chi connectivity index (χ0n) is 14.1. The van der Waals surface area contributed by atoms with Crippen LogP contribution in [-0.4, -0.2) is 36.0 Å². The predicted octanol–water partition coefficient (Wildman–Crippen LogP) is 1.40. The number of carbonyl (C=O) groups is 2. The van der Waals surface area contributed by atoms with Crippen LogP contribution in [0.5, 0.6) is 0 Å². The maximum Gasteiger partial charge on any atom is 0.260 e. The summed E-state index contributed by atoms with van der Waals surface area (Å²) >= 11 is 0. The summed E-state index contributed by atoms with van der Waals surface area (Å²) in [5, 5.41) is 0. The van der Waals surface area contributed by atoms with Crippen LogP contribution >= 0.6 is 0 Å². The summed E-state index contributed by atoms with van der Waals surface area (Å²) in [6.45, 7) is 1.52. The van der Waals surface area contributed by atoms with Gasteiger partial charge in [-0.3, -0.25) is 9.59 Å². The second-order valence-electron chi connectivity index (χ2n) is 6.14. The molecular weight excluding hydrogens is 316 g/mol.